The minimum Gasteiger partial charge on any atom is -0.452 e. The van der Waals surface area contributed by atoms with E-state index in [1.54, 1.807) is 30.3 Å². The lowest BCUT2D eigenvalue weighted by Gasteiger charge is -2.06. The van der Waals surface area contributed by atoms with Crippen LogP contribution in [0, 0.1) is 10.1 Å². The number of amides is 1. The molecule has 0 radical (unpaired) electrons. The van der Waals surface area contributed by atoms with Gasteiger partial charge in [0.1, 0.15) is 0 Å². The number of nitro groups is 1. The van der Waals surface area contributed by atoms with E-state index in [1.165, 1.54) is 24.3 Å². The molecule has 0 unspecified atom stereocenters. The number of halogens is 1. The predicted molar refractivity (Wildman–Crippen MR) is 95.9 cm³/mol. The van der Waals surface area contributed by atoms with E-state index in [4.69, 9.17) is 4.74 Å². The Hall–Kier alpha value is -3.00. The molecule has 0 saturated carbocycles. The van der Waals surface area contributed by atoms with Gasteiger partial charge in [-0.05, 0) is 39.7 Å². The monoisotopic (exact) mass is 404 g/mol. The first-order valence-corrected chi connectivity index (χ1v) is 7.88. The molecule has 0 aliphatic rings. The van der Waals surface area contributed by atoms with E-state index >= 15 is 0 Å². The first-order valence-electron chi connectivity index (χ1n) is 7.09. The highest BCUT2D eigenvalue weighted by Crippen LogP contribution is 2.20. The van der Waals surface area contributed by atoms with Crippen LogP contribution in [0.4, 0.5) is 11.4 Å². The third-order valence-electron chi connectivity index (χ3n) is 2.99. The van der Waals surface area contributed by atoms with Crippen molar-refractivity contribution in [3.8, 4) is 0 Å². The summed E-state index contributed by atoms with van der Waals surface area (Å²) >= 11 is 3.29. The lowest BCUT2D eigenvalue weighted by Crippen LogP contribution is -2.20. The maximum absolute atomic E-state index is 11.8. The topological polar surface area (TPSA) is 98.5 Å². The molecule has 8 heteroatoms. The second kappa shape index (κ2) is 8.74. The van der Waals surface area contributed by atoms with Crippen molar-refractivity contribution in [2.24, 2.45) is 0 Å². The highest BCUT2D eigenvalue weighted by Gasteiger charge is 2.08. The van der Waals surface area contributed by atoms with Gasteiger partial charge in [0.05, 0.1) is 10.6 Å². The first kappa shape index (κ1) is 18.3. The minimum absolute atomic E-state index is 0.0802. The number of hydrogen-bond donors (Lipinski definition) is 1. The molecule has 0 aromatic heterocycles. The fourth-order valence-electron chi connectivity index (χ4n) is 1.84. The van der Waals surface area contributed by atoms with Crippen LogP contribution >= 0.6 is 15.9 Å². The number of nitrogens with zero attached hydrogens (tertiary/aromatic N) is 1. The largest absolute Gasteiger partial charge is 0.452 e. The van der Waals surface area contributed by atoms with Gasteiger partial charge in [0.15, 0.2) is 6.61 Å². The molecular formula is C17H13BrN2O5. The van der Waals surface area contributed by atoms with Crippen molar-refractivity contribution in [2.45, 2.75) is 0 Å². The summed E-state index contributed by atoms with van der Waals surface area (Å²) in [5, 5.41) is 13.3. The van der Waals surface area contributed by atoms with Crippen LogP contribution in [0.25, 0.3) is 6.08 Å². The Bertz CT molecular complexity index is 835. The molecule has 2 aromatic carbocycles. The van der Waals surface area contributed by atoms with Gasteiger partial charge in [0.25, 0.3) is 11.6 Å². The first-order chi connectivity index (χ1) is 12.0. The smallest absolute Gasteiger partial charge is 0.331 e. The van der Waals surface area contributed by atoms with Crippen molar-refractivity contribution < 1.29 is 19.2 Å². The minimum atomic E-state index is -0.728. The van der Waals surface area contributed by atoms with E-state index in [9.17, 15) is 19.7 Å². The van der Waals surface area contributed by atoms with Crippen LogP contribution in [0.2, 0.25) is 0 Å². The zero-order valence-corrected chi connectivity index (χ0v) is 14.4. The number of benzene rings is 2. The van der Waals surface area contributed by atoms with Gasteiger partial charge in [-0.15, -0.1) is 0 Å². The van der Waals surface area contributed by atoms with E-state index in [0.29, 0.717) is 15.7 Å². The van der Waals surface area contributed by atoms with Crippen molar-refractivity contribution in [1.29, 1.82) is 0 Å². The number of carbonyl (C=O) groups excluding carboxylic acids is 2. The number of nitrogens with one attached hydrogen (secondary N) is 1. The van der Waals surface area contributed by atoms with Crippen molar-refractivity contribution in [3.05, 3.63) is 74.8 Å². The molecule has 0 spiro atoms. The highest BCUT2D eigenvalue weighted by atomic mass is 79.9. The Morgan fingerprint density at radius 3 is 2.68 bits per heavy atom. The lowest BCUT2D eigenvalue weighted by atomic mass is 10.2. The highest BCUT2D eigenvalue weighted by molar-refractivity contribution is 9.10. The molecule has 7 nitrogen and oxygen atoms in total. The van der Waals surface area contributed by atoms with E-state index in [2.05, 4.69) is 21.2 Å². The summed E-state index contributed by atoms with van der Waals surface area (Å²) in [4.78, 5) is 33.5. The third kappa shape index (κ3) is 5.85. The molecule has 25 heavy (non-hydrogen) atoms. The standard InChI is InChI=1S/C17H13BrN2O5/c18-14-6-1-2-7-15(14)19-16(21)11-25-17(22)9-8-12-4-3-5-13(10-12)20(23)24/h1-10H,11H2,(H,19,21)/b9-8+. The van der Waals surface area contributed by atoms with Crippen LogP contribution in [0.1, 0.15) is 5.56 Å². The van der Waals surface area contributed by atoms with Crippen LogP contribution in [-0.2, 0) is 14.3 Å². The molecule has 0 aliphatic heterocycles. The van der Waals surface area contributed by atoms with Crippen molar-refractivity contribution in [1.82, 2.24) is 0 Å². The summed E-state index contributed by atoms with van der Waals surface area (Å²) in [6.07, 6.45) is 2.48. The third-order valence-corrected chi connectivity index (χ3v) is 3.68. The fourth-order valence-corrected chi connectivity index (χ4v) is 2.22. The number of carbonyl (C=O) groups is 2. The van der Waals surface area contributed by atoms with Crippen LogP contribution in [0.15, 0.2) is 59.1 Å². The maximum atomic E-state index is 11.8. The van der Waals surface area contributed by atoms with E-state index in [1.807, 2.05) is 0 Å². The Morgan fingerprint density at radius 1 is 1.20 bits per heavy atom. The average Bonchev–Trinajstić information content (AvgIpc) is 2.60. The number of hydrogen-bond acceptors (Lipinski definition) is 5. The number of para-hydroxylation sites is 1. The van der Waals surface area contributed by atoms with Gasteiger partial charge in [-0.3, -0.25) is 14.9 Å². The Kier molecular flexibility index (Phi) is 6.41. The second-order valence-electron chi connectivity index (χ2n) is 4.82. The lowest BCUT2D eigenvalue weighted by molar-refractivity contribution is -0.384. The number of ether oxygens (including phenoxy) is 1. The Morgan fingerprint density at radius 2 is 1.96 bits per heavy atom. The van der Waals surface area contributed by atoms with E-state index in [0.717, 1.165) is 6.08 Å². The van der Waals surface area contributed by atoms with E-state index < -0.39 is 23.4 Å². The zero-order chi connectivity index (χ0) is 18.2. The fraction of sp³-hybridized carbons (Fsp3) is 0.0588. The molecule has 1 amide bonds. The predicted octanol–water partition coefficient (Wildman–Crippen LogP) is 3.55. The molecular weight excluding hydrogens is 392 g/mol. The Balaban J connectivity index is 1.86. The molecule has 128 valence electrons. The van der Waals surface area contributed by atoms with Gasteiger partial charge >= 0.3 is 5.97 Å². The van der Waals surface area contributed by atoms with Gasteiger partial charge in [-0.1, -0.05) is 24.3 Å². The van der Waals surface area contributed by atoms with Crippen LogP contribution < -0.4 is 5.32 Å². The van der Waals surface area contributed by atoms with Gasteiger partial charge in [0.2, 0.25) is 0 Å². The number of anilines is 1. The van der Waals surface area contributed by atoms with Gasteiger partial charge in [-0.25, -0.2) is 4.79 Å². The van der Waals surface area contributed by atoms with E-state index in [-0.39, 0.29) is 5.69 Å². The van der Waals surface area contributed by atoms with Gasteiger partial charge < -0.3 is 10.1 Å². The van der Waals surface area contributed by atoms with Crippen molar-refractivity contribution in [3.63, 3.8) is 0 Å². The quantitative estimate of drug-likeness (QED) is 0.343. The number of rotatable bonds is 6. The summed E-state index contributed by atoms with van der Waals surface area (Å²) < 4.78 is 5.54. The van der Waals surface area contributed by atoms with Crippen LogP contribution in [-0.4, -0.2) is 23.4 Å². The summed E-state index contributed by atoms with van der Waals surface area (Å²) in [5.41, 5.74) is 0.961. The molecule has 0 heterocycles. The van der Waals surface area contributed by atoms with Gasteiger partial charge in [0, 0.05) is 22.7 Å². The summed E-state index contributed by atoms with van der Waals surface area (Å²) in [6, 6.07) is 12.8. The Labute approximate surface area is 151 Å². The molecule has 0 bridgehead atoms. The number of nitro benzene ring substituents is 1. The second-order valence-corrected chi connectivity index (χ2v) is 5.68. The van der Waals surface area contributed by atoms with Crippen LogP contribution in [0.3, 0.4) is 0 Å². The maximum Gasteiger partial charge on any atom is 0.331 e. The van der Waals surface area contributed by atoms with Crippen LogP contribution in [0.5, 0.6) is 0 Å². The average molecular weight is 405 g/mol. The summed E-state index contributed by atoms with van der Waals surface area (Å²) in [7, 11) is 0. The van der Waals surface area contributed by atoms with Crippen molar-refractivity contribution in [2.75, 3.05) is 11.9 Å². The summed E-state index contributed by atoms with van der Waals surface area (Å²) in [6.45, 7) is -0.445. The molecule has 0 aliphatic carbocycles. The molecule has 0 fully saturated rings. The zero-order valence-electron chi connectivity index (χ0n) is 12.8. The SMILES string of the molecule is O=C(COC(=O)/C=C/c1cccc([N+](=O)[O-])c1)Nc1ccccc1Br. The molecule has 0 atom stereocenters. The summed E-state index contributed by atoms with van der Waals surface area (Å²) in [5.74, 6) is -1.21. The van der Waals surface area contributed by atoms with Gasteiger partial charge in [-0.2, -0.15) is 0 Å². The molecule has 1 N–H and O–H groups in total. The normalized spacial score (nSPS) is 10.4. The molecule has 2 rings (SSSR count). The number of non-ortho nitro benzene ring substituents is 1. The molecule has 0 saturated heterocycles. The van der Waals surface area contributed by atoms with Crippen molar-refractivity contribution >= 4 is 45.3 Å². The number of esters is 1. The molecule has 2 aromatic rings.